The standard InChI is InChI=1S/C14H15N3/c1-11-7-8-12(10-15)9-14(11)17-16-13-5-3-2-4-6-13/h2-9H,10,15H2,1H3. The van der Waals surface area contributed by atoms with Gasteiger partial charge in [0, 0.05) is 6.54 Å². The highest BCUT2D eigenvalue weighted by atomic mass is 15.1. The van der Waals surface area contributed by atoms with Crippen LogP contribution >= 0.6 is 0 Å². The van der Waals surface area contributed by atoms with Crippen molar-refractivity contribution >= 4 is 11.4 Å². The van der Waals surface area contributed by atoms with Crippen LogP contribution in [0.3, 0.4) is 0 Å². The van der Waals surface area contributed by atoms with Crippen LogP contribution in [0, 0.1) is 6.92 Å². The Morgan fingerprint density at radius 3 is 2.47 bits per heavy atom. The monoisotopic (exact) mass is 225 g/mol. The van der Waals surface area contributed by atoms with Crippen LogP contribution in [0.15, 0.2) is 58.8 Å². The first kappa shape index (κ1) is 11.5. The maximum atomic E-state index is 5.60. The summed E-state index contributed by atoms with van der Waals surface area (Å²) in [5, 5.41) is 8.45. The van der Waals surface area contributed by atoms with E-state index < -0.39 is 0 Å². The molecule has 0 atom stereocenters. The van der Waals surface area contributed by atoms with Gasteiger partial charge in [-0.25, -0.2) is 0 Å². The fourth-order valence-corrected chi connectivity index (χ4v) is 1.50. The fourth-order valence-electron chi connectivity index (χ4n) is 1.50. The summed E-state index contributed by atoms with van der Waals surface area (Å²) < 4.78 is 0. The molecule has 0 heterocycles. The summed E-state index contributed by atoms with van der Waals surface area (Å²) in [4.78, 5) is 0. The van der Waals surface area contributed by atoms with Crippen molar-refractivity contribution < 1.29 is 0 Å². The van der Waals surface area contributed by atoms with E-state index in [0.717, 1.165) is 22.5 Å². The summed E-state index contributed by atoms with van der Waals surface area (Å²) in [6.07, 6.45) is 0. The van der Waals surface area contributed by atoms with Gasteiger partial charge < -0.3 is 5.73 Å². The Hall–Kier alpha value is -2.00. The molecule has 0 aliphatic rings. The first-order chi connectivity index (χ1) is 8.29. The number of benzene rings is 2. The molecule has 0 amide bonds. The third-order valence-electron chi connectivity index (χ3n) is 2.54. The maximum absolute atomic E-state index is 5.60. The Kier molecular flexibility index (Phi) is 3.62. The van der Waals surface area contributed by atoms with E-state index >= 15 is 0 Å². The Morgan fingerprint density at radius 1 is 1.00 bits per heavy atom. The SMILES string of the molecule is Cc1ccc(CN)cc1N=Nc1ccccc1. The summed E-state index contributed by atoms with van der Waals surface area (Å²) >= 11 is 0. The van der Waals surface area contributed by atoms with E-state index in [2.05, 4.69) is 10.2 Å². The van der Waals surface area contributed by atoms with Crippen molar-refractivity contribution in [1.82, 2.24) is 0 Å². The molecule has 0 unspecified atom stereocenters. The number of nitrogens with two attached hydrogens (primary N) is 1. The second-order valence-electron chi connectivity index (χ2n) is 3.86. The number of azo groups is 1. The van der Waals surface area contributed by atoms with Gasteiger partial charge in [-0.05, 0) is 36.2 Å². The van der Waals surface area contributed by atoms with E-state index in [1.807, 2.05) is 55.5 Å². The molecular formula is C14H15N3. The average Bonchev–Trinajstić information content (AvgIpc) is 2.39. The molecule has 3 heteroatoms. The average molecular weight is 225 g/mol. The van der Waals surface area contributed by atoms with E-state index in [0.29, 0.717) is 6.54 Å². The first-order valence-corrected chi connectivity index (χ1v) is 5.56. The molecule has 0 saturated carbocycles. The molecule has 0 aromatic heterocycles. The lowest BCUT2D eigenvalue weighted by Gasteiger charge is -2.01. The fraction of sp³-hybridized carbons (Fsp3) is 0.143. The number of rotatable bonds is 3. The van der Waals surface area contributed by atoms with Crippen molar-refractivity contribution in [3.8, 4) is 0 Å². The summed E-state index contributed by atoms with van der Waals surface area (Å²) in [5.74, 6) is 0. The van der Waals surface area contributed by atoms with Crippen LogP contribution in [0.1, 0.15) is 11.1 Å². The molecule has 0 saturated heterocycles. The highest BCUT2D eigenvalue weighted by Crippen LogP contribution is 2.22. The third kappa shape index (κ3) is 2.98. The Morgan fingerprint density at radius 2 is 1.76 bits per heavy atom. The lowest BCUT2D eigenvalue weighted by Crippen LogP contribution is -1.95. The number of hydrogen-bond donors (Lipinski definition) is 1. The van der Waals surface area contributed by atoms with Gasteiger partial charge in [0.25, 0.3) is 0 Å². The highest BCUT2D eigenvalue weighted by molar-refractivity contribution is 5.48. The zero-order valence-corrected chi connectivity index (χ0v) is 9.80. The zero-order chi connectivity index (χ0) is 12.1. The van der Waals surface area contributed by atoms with Crippen LogP contribution in [-0.4, -0.2) is 0 Å². The summed E-state index contributed by atoms with van der Waals surface area (Å²) in [5.41, 5.74) is 9.49. The molecule has 2 aromatic rings. The maximum Gasteiger partial charge on any atom is 0.0889 e. The molecule has 0 spiro atoms. The number of nitrogens with zero attached hydrogens (tertiary/aromatic N) is 2. The lowest BCUT2D eigenvalue weighted by molar-refractivity contribution is 1.06. The van der Waals surface area contributed by atoms with Gasteiger partial charge in [0.05, 0.1) is 11.4 Å². The molecule has 0 aliphatic carbocycles. The van der Waals surface area contributed by atoms with Gasteiger partial charge in [-0.15, -0.1) is 0 Å². The Balaban J connectivity index is 2.26. The first-order valence-electron chi connectivity index (χ1n) is 5.56. The molecule has 0 radical (unpaired) electrons. The summed E-state index contributed by atoms with van der Waals surface area (Å²) in [6, 6.07) is 15.7. The van der Waals surface area contributed by atoms with Crippen molar-refractivity contribution in [3.63, 3.8) is 0 Å². The zero-order valence-electron chi connectivity index (χ0n) is 9.80. The molecule has 86 valence electrons. The molecule has 0 aliphatic heterocycles. The van der Waals surface area contributed by atoms with Gasteiger partial charge >= 0.3 is 0 Å². The molecule has 0 bridgehead atoms. The normalized spacial score (nSPS) is 10.9. The second kappa shape index (κ2) is 5.37. The van der Waals surface area contributed by atoms with E-state index in [9.17, 15) is 0 Å². The van der Waals surface area contributed by atoms with E-state index in [1.54, 1.807) is 0 Å². The Bertz CT molecular complexity index is 518. The predicted octanol–water partition coefficient (Wildman–Crippen LogP) is 3.87. The highest BCUT2D eigenvalue weighted by Gasteiger charge is 1.98. The van der Waals surface area contributed by atoms with E-state index in [4.69, 9.17) is 5.73 Å². The minimum absolute atomic E-state index is 0.522. The van der Waals surface area contributed by atoms with Crippen molar-refractivity contribution in [2.24, 2.45) is 16.0 Å². The van der Waals surface area contributed by atoms with Crippen LogP contribution in [0.2, 0.25) is 0 Å². The van der Waals surface area contributed by atoms with Crippen LogP contribution < -0.4 is 5.73 Å². The molecule has 2 rings (SSSR count). The van der Waals surface area contributed by atoms with Crippen molar-refractivity contribution in [3.05, 3.63) is 59.7 Å². The van der Waals surface area contributed by atoms with Gasteiger partial charge in [0.2, 0.25) is 0 Å². The quantitative estimate of drug-likeness (QED) is 0.792. The molecule has 2 aromatic carbocycles. The molecule has 17 heavy (non-hydrogen) atoms. The van der Waals surface area contributed by atoms with Gasteiger partial charge in [0.15, 0.2) is 0 Å². The van der Waals surface area contributed by atoms with Gasteiger partial charge in [-0.2, -0.15) is 10.2 Å². The Labute approximate surface area is 101 Å². The van der Waals surface area contributed by atoms with Crippen LogP contribution in [0.5, 0.6) is 0 Å². The third-order valence-corrected chi connectivity index (χ3v) is 2.54. The van der Waals surface area contributed by atoms with Crippen molar-refractivity contribution in [1.29, 1.82) is 0 Å². The van der Waals surface area contributed by atoms with Crippen LogP contribution in [0.25, 0.3) is 0 Å². The van der Waals surface area contributed by atoms with E-state index in [-0.39, 0.29) is 0 Å². The van der Waals surface area contributed by atoms with Crippen molar-refractivity contribution in [2.45, 2.75) is 13.5 Å². The molecular weight excluding hydrogens is 210 g/mol. The van der Waals surface area contributed by atoms with Gasteiger partial charge in [-0.3, -0.25) is 0 Å². The van der Waals surface area contributed by atoms with Crippen LogP contribution in [-0.2, 0) is 6.54 Å². The summed E-state index contributed by atoms with van der Waals surface area (Å²) in [7, 11) is 0. The van der Waals surface area contributed by atoms with Crippen molar-refractivity contribution in [2.75, 3.05) is 0 Å². The second-order valence-corrected chi connectivity index (χ2v) is 3.86. The molecule has 3 nitrogen and oxygen atoms in total. The largest absolute Gasteiger partial charge is 0.326 e. The minimum atomic E-state index is 0.522. The van der Waals surface area contributed by atoms with Gasteiger partial charge in [-0.1, -0.05) is 30.3 Å². The topological polar surface area (TPSA) is 50.7 Å². The summed E-state index contributed by atoms with van der Waals surface area (Å²) in [6.45, 7) is 2.54. The lowest BCUT2D eigenvalue weighted by atomic mass is 10.1. The predicted molar refractivity (Wildman–Crippen MR) is 69.7 cm³/mol. The number of hydrogen-bond acceptors (Lipinski definition) is 3. The van der Waals surface area contributed by atoms with E-state index in [1.165, 1.54) is 0 Å². The minimum Gasteiger partial charge on any atom is -0.326 e. The van der Waals surface area contributed by atoms with Gasteiger partial charge in [0.1, 0.15) is 0 Å². The number of aryl methyl sites for hydroxylation is 1. The molecule has 0 fully saturated rings. The van der Waals surface area contributed by atoms with Crippen LogP contribution in [0.4, 0.5) is 11.4 Å². The smallest absolute Gasteiger partial charge is 0.0889 e. The molecule has 2 N–H and O–H groups in total.